The zero-order valence-corrected chi connectivity index (χ0v) is 15.8. The lowest BCUT2D eigenvalue weighted by Crippen LogP contribution is -2.43. The van der Waals surface area contributed by atoms with Gasteiger partial charge in [-0.05, 0) is 45.2 Å². The topological polar surface area (TPSA) is 53.4 Å². The molecule has 1 unspecified atom stereocenters. The van der Waals surface area contributed by atoms with Crippen LogP contribution in [0.4, 0.5) is 16.3 Å². The number of hydrogen-bond donors (Lipinski definition) is 1. The Bertz CT molecular complexity index is 812. The van der Waals surface area contributed by atoms with Crippen LogP contribution in [0.15, 0.2) is 30.3 Å². The average Bonchev–Trinajstić information content (AvgIpc) is 3.06. The van der Waals surface area contributed by atoms with Gasteiger partial charge in [-0.2, -0.15) is 5.10 Å². The molecular formula is C20H27N5O. The third kappa shape index (κ3) is 3.04. The highest BCUT2D eigenvalue weighted by Crippen LogP contribution is 2.33. The molecule has 138 valence electrons. The first kappa shape index (κ1) is 16.9. The normalized spacial score (nSPS) is 19.3. The lowest BCUT2D eigenvalue weighted by Gasteiger charge is -2.27. The van der Waals surface area contributed by atoms with E-state index in [4.69, 9.17) is 0 Å². The first-order valence-corrected chi connectivity index (χ1v) is 9.49. The van der Waals surface area contributed by atoms with Gasteiger partial charge in [-0.15, -0.1) is 0 Å². The van der Waals surface area contributed by atoms with Crippen LogP contribution < -0.4 is 10.2 Å². The summed E-state index contributed by atoms with van der Waals surface area (Å²) in [4.78, 5) is 17.2. The molecule has 0 saturated carbocycles. The number of aromatic nitrogens is 2. The van der Waals surface area contributed by atoms with Crippen LogP contribution in [0.3, 0.4) is 0 Å². The Hall–Kier alpha value is -2.50. The van der Waals surface area contributed by atoms with E-state index in [9.17, 15) is 4.79 Å². The number of nitrogens with one attached hydrogen (secondary N) is 1. The Morgan fingerprint density at radius 2 is 2.08 bits per heavy atom. The number of benzene rings is 1. The van der Waals surface area contributed by atoms with Crippen molar-refractivity contribution >= 4 is 17.5 Å². The molecule has 26 heavy (non-hydrogen) atoms. The highest BCUT2D eigenvalue weighted by Gasteiger charge is 2.33. The number of hydrogen-bond acceptors (Lipinski definition) is 3. The highest BCUT2D eigenvalue weighted by molar-refractivity contribution is 5.88. The first-order chi connectivity index (χ1) is 12.5. The molecule has 1 atom stereocenters. The van der Waals surface area contributed by atoms with Gasteiger partial charge >= 0.3 is 6.03 Å². The van der Waals surface area contributed by atoms with Crippen molar-refractivity contribution in [1.82, 2.24) is 14.7 Å². The zero-order chi connectivity index (χ0) is 18.3. The predicted molar refractivity (Wildman–Crippen MR) is 104 cm³/mol. The number of para-hydroxylation sites is 1. The minimum absolute atomic E-state index is 0.0452. The maximum Gasteiger partial charge on any atom is 0.323 e. The number of urea groups is 1. The fraction of sp³-hybridized carbons (Fsp3) is 0.500. The van der Waals surface area contributed by atoms with Crippen molar-refractivity contribution < 1.29 is 4.79 Å². The van der Waals surface area contributed by atoms with E-state index < -0.39 is 0 Å². The SMILES string of the molecule is Cc1cc(NC(=O)N2CCCN3c4ccccc4CC3C2)nn1C(C)C. The van der Waals surface area contributed by atoms with Crippen molar-refractivity contribution in [2.45, 2.75) is 45.7 Å². The molecule has 2 aliphatic rings. The van der Waals surface area contributed by atoms with E-state index in [0.717, 1.165) is 38.2 Å². The molecule has 3 heterocycles. The van der Waals surface area contributed by atoms with E-state index in [1.54, 1.807) is 0 Å². The lowest BCUT2D eigenvalue weighted by molar-refractivity contribution is 0.211. The smallest absolute Gasteiger partial charge is 0.323 e. The van der Waals surface area contributed by atoms with Crippen molar-refractivity contribution in [3.05, 3.63) is 41.6 Å². The van der Waals surface area contributed by atoms with Crippen LogP contribution in [0.25, 0.3) is 0 Å². The average molecular weight is 353 g/mol. The Morgan fingerprint density at radius 1 is 1.27 bits per heavy atom. The molecule has 0 aliphatic carbocycles. The van der Waals surface area contributed by atoms with Gasteiger partial charge in [0.1, 0.15) is 0 Å². The molecule has 0 spiro atoms. The van der Waals surface area contributed by atoms with Crippen LogP contribution in [-0.2, 0) is 6.42 Å². The summed E-state index contributed by atoms with van der Waals surface area (Å²) in [6.45, 7) is 8.74. The molecule has 1 N–H and O–H groups in total. The second kappa shape index (κ2) is 6.67. The van der Waals surface area contributed by atoms with Gasteiger partial charge in [-0.3, -0.25) is 10.00 Å². The molecule has 1 aromatic carbocycles. The second-order valence-corrected chi connectivity index (χ2v) is 7.62. The number of aryl methyl sites for hydroxylation is 1. The van der Waals surface area contributed by atoms with Crippen LogP contribution in [0.1, 0.15) is 37.6 Å². The summed E-state index contributed by atoms with van der Waals surface area (Å²) in [5.41, 5.74) is 3.79. The van der Waals surface area contributed by atoms with E-state index in [1.165, 1.54) is 11.3 Å². The first-order valence-electron chi connectivity index (χ1n) is 9.49. The molecule has 6 heteroatoms. The van der Waals surface area contributed by atoms with Gasteiger partial charge in [-0.1, -0.05) is 18.2 Å². The second-order valence-electron chi connectivity index (χ2n) is 7.62. The fourth-order valence-corrected chi connectivity index (χ4v) is 4.21. The monoisotopic (exact) mass is 353 g/mol. The fourth-order valence-electron chi connectivity index (χ4n) is 4.21. The third-order valence-corrected chi connectivity index (χ3v) is 5.39. The molecular weight excluding hydrogens is 326 g/mol. The van der Waals surface area contributed by atoms with Crippen molar-refractivity contribution in [3.8, 4) is 0 Å². The van der Waals surface area contributed by atoms with Crippen LogP contribution in [0.5, 0.6) is 0 Å². The standard InChI is InChI=1S/C20H27N5O/c1-14(2)25-15(3)11-19(22-25)21-20(26)23-9-6-10-24-17(13-23)12-16-7-4-5-8-18(16)24/h4-5,7-8,11,14,17H,6,9-10,12-13H2,1-3H3,(H,21,22,26). The number of amides is 2. The number of anilines is 2. The molecule has 2 aromatic rings. The van der Waals surface area contributed by atoms with Gasteiger partial charge in [0.2, 0.25) is 0 Å². The van der Waals surface area contributed by atoms with Crippen LogP contribution in [0.2, 0.25) is 0 Å². The molecule has 1 saturated heterocycles. The maximum atomic E-state index is 12.8. The summed E-state index contributed by atoms with van der Waals surface area (Å²) < 4.78 is 1.94. The number of rotatable bonds is 2. The Morgan fingerprint density at radius 3 is 2.85 bits per heavy atom. The maximum absolute atomic E-state index is 12.8. The van der Waals surface area contributed by atoms with Gasteiger partial charge in [0, 0.05) is 43.1 Å². The summed E-state index contributed by atoms with van der Waals surface area (Å²) in [5, 5.41) is 7.51. The summed E-state index contributed by atoms with van der Waals surface area (Å²) in [5.74, 6) is 0.636. The largest absolute Gasteiger partial charge is 0.366 e. The number of nitrogens with zero attached hydrogens (tertiary/aromatic N) is 4. The molecule has 6 nitrogen and oxygen atoms in total. The molecule has 2 aliphatic heterocycles. The van der Waals surface area contributed by atoms with Crippen molar-refractivity contribution in [2.24, 2.45) is 0 Å². The van der Waals surface area contributed by atoms with Gasteiger partial charge in [-0.25, -0.2) is 4.79 Å². The summed E-state index contributed by atoms with van der Waals surface area (Å²) in [6, 6.07) is 11.2. The van der Waals surface area contributed by atoms with Crippen LogP contribution in [-0.4, -0.2) is 46.4 Å². The van der Waals surface area contributed by atoms with Gasteiger partial charge in [0.05, 0.1) is 6.04 Å². The molecule has 0 radical (unpaired) electrons. The summed E-state index contributed by atoms with van der Waals surface area (Å²) in [6.07, 6.45) is 2.00. The lowest BCUT2D eigenvalue weighted by atomic mass is 10.1. The highest BCUT2D eigenvalue weighted by atomic mass is 16.2. The van der Waals surface area contributed by atoms with E-state index in [0.29, 0.717) is 11.9 Å². The third-order valence-electron chi connectivity index (χ3n) is 5.39. The molecule has 4 rings (SSSR count). The van der Waals surface area contributed by atoms with Crippen LogP contribution >= 0.6 is 0 Å². The van der Waals surface area contributed by atoms with E-state index in [2.05, 4.69) is 53.4 Å². The Kier molecular flexibility index (Phi) is 4.34. The summed E-state index contributed by atoms with van der Waals surface area (Å²) >= 11 is 0. The molecule has 1 fully saturated rings. The molecule has 1 aromatic heterocycles. The van der Waals surface area contributed by atoms with E-state index in [-0.39, 0.29) is 12.1 Å². The number of carbonyl (C=O) groups is 1. The number of fused-ring (bicyclic) bond motifs is 3. The van der Waals surface area contributed by atoms with Crippen molar-refractivity contribution in [3.63, 3.8) is 0 Å². The van der Waals surface area contributed by atoms with Crippen molar-refractivity contribution in [1.29, 1.82) is 0 Å². The summed E-state index contributed by atoms with van der Waals surface area (Å²) in [7, 11) is 0. The van der Waals surface area contributed by atoms with E-state index in [1.807, 2.05) is 22.6 Å². The van der Waals surface area contributed by atoms with Gasteiger partial charge in [0.25, 0.3) is 0 Å². The Labute approximate surface area is 154 Å². The number of carbonyl (C=O) groups excluding carboxylic acids is 1. The minimum Gasteiger partial charge on any atom is -0.366 e. The van der Waals surface area contributed by atoms with Crippen LogP contribution in [0, 0.1) is 6.92 Å². The van der Waals surface area contributed by atoms with Gasteiger partial charge < -0.3 is 9.80 Å². The Balaban J connectivity index is 1.46. The van der Waals surface area contributed by atoms with Crippen molar-refractivity contribution in [2.75, 3.05) is 29.9 Å². The minimum atomic E-state index is -0.0452. The van der Waals surface area contributed by atoms with Gasteiger partial charge in [0.15, 0.2) is 5.82 Å². The van der Waals surface area contributed by atoms with E-state index >= 15 is 0 Å². The predicted octanol–water partition coefficient (Wildman–Crippen LogP) is 3.44. The molecule has 0 bridgehead atoms. The zero-order valence-electron chi connectivity index (χ0n) is 15.8. The molecule has 2 amide bonds. The quantitative estimate of drug-likeness (QED) is 0.900.